The summed E-state index contributed by atoms with van der Waals surface area (Å²) in [5, 5.41) is 0. The van der Waals surface area contributed by atoms with Gasteiger partial charge in [0.25, 0.3) is 5.91 Å². The van der Waals surface area contributed by atoms with Crippen molar-refractivity contribution in [1.82, 2.24) is 4.90 Å². The second-order valence-electron chi connectivity index (χ2n) is 4.29. The number of hydrogen-bond donors (Lipinski definition) is 1. The highest BCUT2D eigenvalue weighted by atomic mass is 16.5. The molecule has 18 heavy (non-hydrogen) atoms. The molecule has 0 spiro atoms. The third kappa shape index (κ3) is 2.20. The van der Waals surface area contributed by atoms with Gasteiger partial charge in [-0.05, 0) is 18.9 Å². The van der Waals surface area contributed by atoms with Crippen molar-refractivity contribution in [3.05, 3.63) is 17.7 Å². The summed E-state index contributed by atoms with van der Waals surface area (Å²) in [6.45, 7) is 1.58. The maximum atomic E-state index is 12.3. The highest BCUT2D eigenvalue weighted by Gasteiger charge is 2.23. The van der Waals surface area contributed by atoms with Gasteiger partial charge in [0.2, 0.25) is 0 Å². The smallest absolute Gasteiger partial charge is 0.256 e. The second kappa shape index (κ2) is 5.16. The van der Waals surface area contributed by atoms with Crippen LogP contribution in [-0.4, -0.2) is 38.1 Å². The van der Waals surface area contributed by atoms with Gasteiger partial charge >= 0.3 is 0 Å². The van der Waals surface area contributed by atoms with E-state index in [1.165, 1.54) is 7.11 Å². The van der Waals surface area contributed by atoms with Crippen molar-refractivity contribution in [1.29, 1.82) is 0 Å². The molecule has 98 valence electrons. The van der Waals surface area contributed by atoms with Crippen LogP contribution in [0, 0.1) is 0 Å². The lowest BCUT2D eigenvalue weighted by Crippen LogP contribution is -2.28. The Hall–Kier alpha value is -1.91. The molecule has 1 aliphatic heterocycles. The van der Waals surface area contributed by atoms with E-state index in [1.54, 1.807) is 19.2 Å². The molecule has 0 radical (unpaired) electrons. The highest BCUT2D eigenvalue weighted by molar-refractivity contribution is 6.01. The van der Waals surface area contributed by atoms with E-state index in [4.69, 9.17) is 15.2 Å². The van der Waals surface area contributed by atoms with Crippen molar-refractivity contribution in [3.8, 4) is 11.5 Å². The third-order valence-electron chi connectivity index (χ3n) is 3.19. The molecule has 1 saturated heterocycles. The molecular weight excluding hydrogens is 232 g/mol. The van der Waals surface area contributed by atoms with Gasteiger partial charge in [-0.1, -0.05) is 0 Å². The molecule has 5 nitrogen and oxygen atoms in total. The summed E-state index contributed by atoms with van der Waals surface area (Å²) < 4.78 is 10.3. The fourth-order valence-electron chi connectivity index (χ4n) is 2.16. The number of likely N-dealkylation sites (tertiary alicyclic amines) is 1. The van der Waals surface area contributed by atoms with Crippen LogP contribution in [0.15, 0.2) is 12.1 Å². The lowest BCUT2D eigenvalue weighted by atomic mass is 10.1. The van der Waals surface area contributed by atoms with Gasteiger partial charge in [-0.2, -0.15) is 0 Å². The number of methoxy groups -OCH3 is 2. The van der Waals surface area contributed by atoms with Gasteiger partial charge in [0.05, 0.1) is 25.5 Å². The van der Waals surface area contributed by atoms with Gasteiger partial charge < -0.3 is 20.1 Å². The van der Waals surface area contributed by atoms with E-state index in [0.717, 1.165) is 25.9 Å². The number of anilines is 1. The van der Waals surface area contributed by atoms with Crippen molar-refractivity contribution in [2.45, 2.75) is 12.8 Å². The first-order valence-corrected chi connectivity index (χ1v) is 5.98. The molecule has 5 heteroatoms. The van der Waals surface area contributed by atoms with Gasteiger partial charge in [-0.3, -0.25) is 4.79 Å². The van der Waals surface area contributed by atoms with Gasteiger partial charge in [-0.25, -0.2) is 0 Å². The number of hydrogen-bond acceptors (Lipinski definition) is 4. The molecular formula is C13H18N2O3. The van der Waals surface area contributed by atoms with Crippen LogP contribution >= 0.6 is 0 Å². The maximum Gasteiger partial charge on any atom is 0.256 e. The first kappa shape index (κ1) is 12.5. The average Bonchev–Trinajstić information content (AvgIpc) is 2.92. The minimum Gasteiger partial charge on any atom is -0.497 e. The summed E-state index contributed by atoms with van der Waals surface area (Å²) in [6, 6.07) is 3.34. The molecule has 1 aromatic rings. The molecule has 2 N–H and O–H groups in total. The van der Waals surface area contributed by atoms with Crippen molar-refractivity contribution in [2.24, 2.45) is 0 Å². The Kier molecular flexibility index (Phi) is 3.60. The van der Waals surface area contributed by atoms with Crippen LogP contribution in [0.5, 0.6) is 11.5 Å². The van der Waals surface area contributed by atoms with Crippen LogP contribution in [0.25, 0.3) is 0 Å². The Labute approximate surface area is 106 Å². The van der Waals surface area contributed by atoms with Gasteiger partial charge in [0.1, 0.15) is 11.5 Å². The van der Waals surface area contributed by atoms with E-state index >= 15 is 0 Å². The van der Waals surface area contributed by atoms with Crippen LogP contribution in [0.4, 0.5) is 5.69 Å². The maximum absolute atomic E-state index is 12.3. The van der Waals surface area contributed by atoms with Crippen LogP contribution in [0.2, 0.25) is 0 Å². The van der Waals surface area contributed by atoms with E-state index in [-0.39, 0.29) is 5.91 Å². The summed E-state index contributed by atoms with van der Waals surface area (Å²) in [6.07, 6.45) is 2.10. The first-order valence-electron chi connectivity index (χ1n) is 5.98. The molecule has 1 aliphatic rings. The lowest BCUT2D eigenvalue weighted by molar-refractivity contribution is 0.0793. The van der Waals surface area contributed by atoms with Crippen LogP contribution in [-0.2, 0) is 0 Å². The molecule has 1 aromatic carbocycles. The predicted molar refractivity (Wildman–Crippen MR) is 69.1 cm³/mol. The van der Waals surface area contributed by atoms with E-state index in [1.807, 2.05) is 4.90 Å². The molecule has 0 bridgehead atoms. The van der Waals surface area contributed by atoms with Gasteiger partial charge in [0.15, 0.2) is 0 Å². The number of carbonyl (C=O) groups excluding carboxylic acids is 1. The predicted octanol–water partition coefficient (Wildman–Crippen LogP) is 1.52. The number of nitrogens with zero attached hydrogens (tertiary/aromatic N) is 1. The first-order chi connectivity index (χ1) is 8.67. The average molecular weight is 250 g/mol. The molecule has 1 heterocycles. The highest BCUT2D eigenvalue weighted by Crippen LogP contribution is 2.32. The molecule has 1 amide bonds. The fraction of sp³-hybridized carbons (Fsp3) is 0.462. The van der Waals surface area contributed by atoms with Crippen molar-refractivity contribution in [2.75, 3.05) is 33.0 Å². The molecule has 0 unspecified atom stereocenters. The van der Waals surface area contributed by atoms with E-state index in [2.05, 4.69) is 0 Å². The zero-order valence-electron chi connectivity index (χ0n) is 10.7. The number of nitrogens with two attached hydrogens (primary N) is 1. The number of rotatable bonds is 3. The number of nitrogen functional groups attached to an aromatic ring is 1. The zero-order chi connectivity index (χ0) is 13.1. The number of amides is 1. The largest absolute Gasteiger partial charge is 0.497 e. The van der Waals surface area contributed by atoms with Gasteiger partial charge in [0, 0.05) is 19.2 Å². The normalized spacial score (nSPS) is 14.7. The zero-order valence-corrected chi connectivity index (χ0v) is 10.7. The Bertz CT molecular complexity index is 454. The van der Waals surface area contributed by atoms with Crippen LogP contribution in [0.3, 0.4) is 0 Å². The number of benzene rings is 1. The van der Waals surface area contributed by atoms with E-state index in [0.29, 0.717) is 22.7 Å². The van der Waals surface area contributed by atoms with Crippen molar-refractivity contribution < 1.29 is 14.3 Å². The third-order valence-corrected chi connectivity index (χ3v) is 3.19. The van der Waals surface area contributed by atoms with Crippen LogP contribution < -0.4 is 15.2 Å². The van der Waals surface area contributed by atoms with E-state index in [9.17, 15) is 4.79 Å². The monoisotopic (exact) mass is 250 g/mol. The van der Waals surface area contributed by atoms with Crippen LogP contribution in [0.1, 0.15) is 23.2 Å². The van der Waals surface area contributed by atoms with E-state index < -0.39 is 0 Å². The lowest BCUT2D eigenvalue weighted by Gasteiger charge is -2.18. The Morgan fingerprint density at radius 1 is 1.22 bits per heavy atom. The Morgan fingerprint density at radius 2 is 1.89 bits per heavy atom. The van der Waals surface area contributed by atoms with Gasteiger partial charge in [-0.15, -0.1) is 0 Å². The molecule has 2 rings (SSSR count). The number of ether oxygens (including phenoxy) is 2. The Morgan fingerprint density at radius 3 is 2.44 bits per heavy atom. The quantitative estimate of drug-likeness (QED) is 0.826. The molecule has 0 aliphatic carbocycles. The molecule has 0 atom stereocenters. The second-order valence-corrected chi connectivity index (χ2v) is 4.29. The molecule has 0 saturated carbocycles. The summed E-state index contributed by atoms with van der Waals surface area (Å²) in [7, 11) is 3.07. The summed E-state index contributed by atoms with van der Waals surface area (Å²) in [5.74, 6) is 0.989. The molecule has 1 fully saturated rings. The molecule has 0 aromatic heterocycles. The Balaban J connectivity index is 2.38. The fourth-order valence-corrected chi connectivity index (χ4v) is 2.16. The van der Waals surface area contributed by atoms with Crippen molar-refractivity contribution in [3.63, 3.8) is 0 Å². The topological polar surface area (TPSA) is 64.8 Å². The SMILES string of the molecule is COc1cc(OC)c(N)c(C(=O)N2CCCC2)c1. The minimum absolute atomic E-state index is 0.0535. The van der Waals surface area contributed by atoms with Crippen molar-refractivity contribution >= 4 is 11.6 Å². The summed E-state index contributed by atoms with van der Waals surface area (Å²) in [4.78, 5) is 14.1. The summed E-state index contributed by atoms with van der Waals surface area (Å²) >= 11 is 0. The number of carbonyl (C=O) groups is 1. The standard InChI is InChI=1S/C13H18N2O3/c1-17-9-7-10(12(14)11(8-9)18-2)13(16)15-5-3-4-6-15/h7-8H,3-6,14H2,1-2H3. The summed E-state index contributed by atoms with van der Waals surface area (Å²) in [5.41, 5.74) is 6.78. The minimum atomic E-state index is -0.0535.